The summed E-state index contributed by atoms with van der Waals surface area (Å²) in [4.78, 5) is 25.6. The zero-order valence-electron chi connectivity index (χ0n) is 12.1. The molecule has 2 N–H and O–H groups in total. The van der Waals surface area contributed by atoms with Crippen LogP contribution in [-0.4, -0.2) is 36.5 Å². The maximum Gasteiger partial charge on any atom is 0.325 e. The van der Waals surface area contributed by atoms with Crippen LogP contribution in [-0.2, 0) is 4.79 Å². The summed E-state index contributed by atoms with van der Waals surface area (Å²) in [5.41, 5.74) is 0.646. The molecule has 1 fully saturated rings. The minimum Gasteiger partial charge on any atom is -0.308 e. The summed E-state index contributed by atoms with van der Waals surface area (Å²) in [5, 5.41) is 4.99. The predicted molar refractivity (Wildman–Crippen MR) is 86.2 cm³/mol. The molecule has 0 bridgehead atoms. The SMILES string of the molecule is CN(CC(=O)NC(=O)Nc1ccc(Br)cc1)C1CCCC1. The highest BCUT2D eigenvalue weighted by molar-refractivity contribution is 9.10. The average Bonchev–Trinajstić information content (AvgIpc) is 2.95. The fraction of sp³-hybridized carbons (Fsp3) is 0.467. The number of amides is 3. The summed E-state index contributed by atoms with van der Waals surface area (Å²) in [6, 6.07) is 7.14. The van der Waals surface area contributed by atoms with E-state index in [1.807, 2.05) is 24.1 Å². The fourth-order valence-electron chi connectivity index (χ4n) is 2.56. The van der Waals surface area contributed by atoms with Gasteiger partial charge < -0.3 is 5.32 Å². The molecule has 114 valence electrons. The first kappa shape index (κ1) is 16.0. The van der Waals surface area contributed by atoms with E-state index in [0.29, 0.717) is 11.7 Å². The Morgan fingerprint density at radius 3 is 2.48 bits per heavy atom. The summed E-state index contributed by atoms with van der Waals surface area (Å²) < 4.78 is 0.933. The molecule has 1 aromatic rings. The Morgan fingerprint density at radius 2 is 1.86 bits per heavy atom. The lowest BCUT2D eigenvalue weighted by atomic mass is 10.2. The van der Waals surface area contributed by atoms with Gasteiger partial charge in [0.1, 0.15) is 0 Å². The van der Waals surface area contributed by atoms with Gasteiger partial charge in [-0.1, -0.05) is 28.8 Å². The van der Waals surface area contributed by atoms with E-state index >= 15 is 0 Å². The number of urea groups is 1. The van der Waals surface area contributed by atoms with Gasteiger partial charge in [-0.25, -0.2) is 4.79 Å². The van der Waals surface area contributed by atoms with E-state index in [4.69, 9.17) is 0 Å². The molecule has 2 rings (SSSR count). The lowest BCUT2D eigenvalue weighted by Gasteiger charge is -2.22. The maximum absolute atomic E-state index is 11.8. The molecule has 1 aliphatic carbocycles. The van der Waals surface area contributed by atoms with E-state index in [0.717, 1.165) is 17.3 Å². The van der Waals surface area contributed by atoms with Crippen molar-refractivity contribution < 1.29 is 9.59 Å². The van der Waals surface area contributed by atoms with E-state index < -0.39 is 6.03 Å². The molecule has 0 atom stereocenters. The number of nitrogens with one attached hydrogen (secondary N) is 2. The number of halogens is 1. The number of rotatable bonds is 4. The number of nitrogens with zero attached hydrogens (tertiary/aromatic N) is 1. The van der Waals surface area contributed by atoms with Crippen LogP contribution >= 0.6 is 15.9 Å². The van der Waals surface area contributed by atoms with Crippen molar-refractivity contribution in [1.29, 1.82) is 0 Å². The Morgan fingerprint density at radius 1 is 1.24 bits per heavy atom. The minimum atomic E-state index is -0.498. The lowest BCUT2D eigenvalue weighted by molar-refractivity contribution is -0.121. The van der Waals surface area contributed by atoms with Gasteiger partial charge in [-0.15, -0.1) is 0 Å². The van der Waals surface area contributed by atoms with Gasteiger partial charge in [0.15, 0.2) is 0 Å². The van der Waals surface area contributed by atoms with Crippen molar-refractivity contribution in [2.75, 3.05) is 18.9 Å². The normalized spacial score (nSPS) is 15.2. The second kappa shape index (κ2) is 7.56. The van der Waals surface area contributed by atoms with Crippen LogP contribution in [0.5, 0.6) is 0 Å². The molecule has 0 heterocycles. The Bertz CT molecular complexity index is 498. The zero-order valence-corrected chi connectivity index (χ0v) is 13.6. The van der Waals surface area contributed by atoms with Crippen LogP contribution in [0.2, 0.25) is 0 Å². The molecule has 1 aliphatic rings. The van der Waals surface area contributed by atoms with Crippen molar-refractivity contribution in [3.05, 3.63) is 28.7 Å². The second-order valence-corrected chi connectivity index (χ2v) is 6.28. The third-order valence-electron chi connectivity index (χ3n) is 3.70. The van der Waals surface area contributed by atoms with E-state index in [2.05, 4.69) is 26.6 Å². The highest BCUT2D eigenvalue weighted by Crippen LogP contribution is 2.21. The molecule has 0 radical (unpaired) electrons. The smallest absolute Gasteiger partial charge is 0.308 e. The molecule has 21 heavy (non-hydrogen) atoms. The topological polar surface area (TPSA) is 61.4 Å². The summed E-state index contributed by atoms with van der Waals surface area (Å²) in [6.07, 6.45) is 4.71. The fourth-order valence-corrected chi connectivity index (χ4v) is 2.83. The lowest BCUT2D eigenvalue weighted by Crippen LogP contribution is -2.43. The largest absolute Gasteiger partial charge is 0.325 e. The molecule has 6 heteroatoms. The zero-order chi connectivity index (χ0) is 15.2. The standard InChI is InChI=1S/C15H20BrN3O2/c1-19(13-4-2-3-5-13)10-14(20)18-15(21)17-12-8-6-11(16)7-9-12/h6-9,13H,2-5,10H2,1H3,(H2,17,18,20,21). The Hall–Kier alpha value is -1.40. The van der Waals surface area contributed by atoms with Gasteiger partial charge in [0.05, 0.1) is 6.54 Å². The first-order chi connectivity index (χ1) is 10.0. The quantitative estimate of drug-likeness (QED) is 0.874. The molecule has 0 saturated heterocycles. The van der Waals surface area contributed by atoms with Crippen LogP contribution in [0.4, 0.5) is 10.5 Å². The molecule has 3 amide bonds. The van der Waals surface area contributed by atoms with Crippen LogP contribution in [0, 0.1) is 0 Å². The van der Waals surface area contributed by atoms with Gasteiger partial charge >= 0.3 is 6.03 Å². The summed E-state index contributed by atoms with van der Waals surface area (Å²) in [5.74, 6) is -0.279. The first-order valence-electron chi connectivity index (χ1n) is 7.11. The molecule has 5 nitrogen and oxygen atoms in total. The van der Waals surface area contributed by atoms with Gasteiger partial charge in [0.25, 0.3) is 0 Å². The highest BCUT2D eigenvalue weighted by Gasteiger charge is 2.21. The van der Waals surface area contributed by atoms with E-state index in [1.54, 1.807) is 12.1 Å². The highest BCUT2D eigenvalue weighted by atomic mass is 79.9. The van der Waals surface area contributed by atoms with Gasteiger partial charge in [0.2, 0.25) is 5.91 Å². The molecular formula is C15H20BrN3O2. The maximum atomic E-state index is 11.8. The predicted octanol–water partition coefficient (Wildman–Crippen LogP) is 2.97. The van der Waals surface area contributed by atoms with Gasteiger partial charge in [-0.05, 0) is 44.2 Å². The van der Waals surface area contributed by atoms with Crippen molar-refractivity contribution in [3.8, 4) is 0 Å². The molecule has 0 aromatic heterocycles. The van der Waals surface area contributed by atoms with Crippen LogP contribution in [0.15, 0.2) is 28.7 Å². The van der Waals surface area contributed by atoms with Gasteiger partial charge in [-0.2, -0.15) is 0 Å². The van der Waals surface area contributed by atoms with Crippen molar-refractivity contribution in [1.82, 2.24) is 10.2 Å². The number of benzene rings is 1. The number of carbonyl (C=O) groups is 2. The van der Waals surface area contributed by atoms with Crippen LogP contribution in [0.25, 0.3) is 0 Å². The molecular weight excluding hydrogens is 334 g/mol. The molecule has 1 saturated carbocycles. The van der Waals surface area contributed by atoms with Crippen molar-refractivity contribution in [3.63, 3.8) is 0 Å². The molecule has 0 spiro atoms. The molecule has 0 unspecified atom stereocenters. The van der Waals surface area contributed by atoms with E-state index in [1.165, 1.54) is 12.8 Å². The van der Waals surface area contributed by atoms with Crippen LogP contribution < -0.4 is 10.6 Å². The molecule has 0 aliphatic heterocycles. The number of likely N-dealkylation sites (N-methyl/N-ethyl adjacent to an activating group) is 1. The average molecular weight is 354 g/mol. The third kappa shape index (κ3) is 5.13. The number of hydrogen-bond donors (Lipinski definition) is 2. The van der Waals surface area contributed by atoms with E-state index in [-0.39, 0.29) is 12.5 Å². The number of hydrogen-bond acceptors (Lipinski definition) is 3. The number of anilines is 1. The van der Waals surface area contributed by atoms with Crippen LogP contribution in [0.1, 0.15) is 25.7 Å². The monoisotopic (exact) mass is 353 g/mol. The molecule has 1 aromatic carbocycles. The number of carbonyl (C=O) groups excluding carboxylic acids is 2. The Labute approximate surface area is 133 Å². The van der Waals surface area contributed by atoms with Crippen molar-refractivity contribution in [2.45, 2.75) is 31.7 Å². The van der Waals surface area contributed by atoms with Crippen LogP contribution in [0.3, 0.4) is 0 Å². The van der Waals surface area contributed by atoms with Crippen molar-refractivity contribution >= 4 is 33.6 Å². The third-order valence-corrected chi connectivity index (χ3v) is 4.22. The summed E-state index contributed by atoms with van der Waals surface area (Å²) >= 11 is 3.32. The Kier molecular flexibility index (Phi) is 5.76. The Balaban J connectivity index is 1.76. The van der Waals surface area contributed by atoms with E-state index in [9.17, 15) is 9.59 Å². The van der Waals surface area contributed by atoms with Crippen molar-refractivity contribution in [2.24, 2.45) is 0 Å². The summed E-state index contributed by atoms with van der Waals surface area (Å²) in [6.45, 7) is 0.248. The summed E-state index contributed by atoms with van der Waals surface area (Å²) in [7, 11) is 1.93. The first-order valence-corrected chi connectivity index (χ1v) is 7.90. The van der Waals surface area contributed by atoms with Gasteiger partial charge in [-0.3, -0.25) is 15.0 Å². The minimum absolute atomic E-state index is 0.248. The second-order valence-electron chi connectivity index (χ2n) is 5.36. The van der Waals surface area contributed by atoms with Gasteiger partial charge in [0, 0.05) is 16.2 Å². The number of imide groups is 1.